The lowest BCUT2D eigenvalue weighted by atomic mass is 10.1. The Kier molecular flexibility index (Phi) is 5.20. The molecular formula is C13H17NO3. The van der Waals surface area contributed by atoms with Crippen LogP contribution in [0.3, 0.4) is 0 Å². The van der Waals surface area contributed by atoms with Crippen molar-refractivity contribution in [3.05, 3.63) is 30.1 Å². The molecule has 0 fully saturated rings. The van der Waals surface area contributed by atoms with Crippen molar-refractivity contribution in [1.82, 2.24) is 4.98 Å². The molecule has 92 valence electrons. The fourth-order valence-corrected chi connectivity index (χ4v) is 1.14. The summed E-state index contributed by atoms with van der Waals surface area (Å²) in [5.74, 6) is 0.336. The second-order valence-corrected chi connectivity index (χ2v) is 4.12. The standard InChI is InChI=1S/C13H17NO3/c1-10(2)7-8-17-12-5-3-11(14-9-12)4-6-13(15)16/h3-6,9-10H,7-8H2,1-2H3,(H,15,16). The van der Waals surface area contributed by atoms with Gasteiger partial charge in [-0.3, -0.25) is 4.98 Å². The first-order valence-electron chi connectivity index (χ1n) is 5.58. The number of carboxylic acid groups (broad SMARTS) is 1. The smallest absolute Gasteiger partial charge is 0.328 e. The summed E-state index contributed by atoms with van der Waals surface area (Å²) in [6.07, 6.45) is 5.10. The van der Waals surface area contributed by atoms with Crippen molar-refractivity contribution in [3.63, 3.8) is 0 Å². The van der Waals surface area contributed by atoms with Crippen molar-refractivity contribution < 1.29 is 14.6 Å². The lowest BCUT2D eigenvalue weighted by molar-refractivity contribution is -0.131. The molecule has 1 rings (SSSR count). The molecule has 4 heteroatoms. The van der Waals surface area contributed by atoms with Crippen molar-refractivity contribution in [1.29, 1.82) is 0 Å². The van der Waals surface area contributed by atoms with E-state index in [-0.39, 0.29) is 0 Å². The molecule has 0 saturated heterocycles. The number of aromatic nitrogens is 1. The van der Waals surface area contributed by atoms with Gasteiger partial charge in [0.05, 0.1) is 18.5 Å². The van der Waals surface area contributed by atoms with Crippen molar-refractivity contribution in [2.75, 3.05) is 6.61 Å². The maximum Gasteiger partial charge on any atom is 0.328 e. The van der Waals surface area contributed by atoms with E-state index in [0.29, 0.717) is 24.0 Å². The van der Waals surface area contributed by atoms with Gasteiger partial charge >= 0.3 is 5.97 Å². The summed E-state index contributed by atoms with van der Waals surface area (Å²) in [5, 5.41) is 8.46. The highest BCUT2D eigenvalue weighted by Crippen LogP contribution is 2.11. The van der Waals surface area contributed by atoms with Gasteiger partial charge < -0.3 is 9.84 Å². The molecule has 1 N–H and O–H groups in total. The number of pyridine rings is 1. The lowest BCUT2D eigenvalue weighted by Gasteiger charge is -2.07. The van der Waals surface area contributed by atoms with Crippen LogP contribution in [0, 0.1) is 5.92 Å². The number of aliphatic carboxylic acids is 1. The van der Waals surface area contributed by atoms with Gasteiger partial charge in [-0.05, 0) is 30.5 Å². The number of hydrogen-bond donors (Lipinski definition) is 1. The summed E-state index contributed by atoms with van der Waals surface area (Å²) in [6, 6.07) is 3.51. The molecule has 0 amide bonds. The minimum absolute atomic E-state index is 0.601. The fourth-order valence-electron chi connectivity index (χ4n) is 1.14. The second-order valence-electron chi connectivity index (χ2n) is 4.12. The molecular weight excluding hydrogens is 218 g/mol. The van der Waals surface area contributed by atoms with Crippen LogP contribution in [0.2, 0.25) is 0 Å². The zero-order valence-electron chi connectivity index (χ0n) is 10.1. The van der Waals surface area contributed by atoms with Gasteiger partial charge in [-0.25, -0.2) is 4.79 Å². The number of nitrogens with zero attached hydrogens (tertiary/aromatic N) is 1. The summed E-state index contributed by atoms with van der Waals surface area (Å²) in [6.45, 7) is 4.95. The highest BCUT2D eigenvalue weighted by molar-refractivity contribution is 5.84. The van der Waals surface area contributed by atoms with E-state index in [1.54, 1.807) is 18.3 Å². The Labute approximate surface area is 101 Å². The normalized spacial score (nSPS) is 11.0. The Balaban J connectivity index is 2.47. The summed E-state index contributed by atoms with van der Waals surface area (Å²) < 4.78 is 5.49. The highest BCUT2D eigenvalue weighted by Gasteiger charge is 1.97. The van der Waals surface area contributed by atoms with Crippen LogP contribution in [-0.2, 0) is 4.79 Å². The molecule has 1 aromatic heterocycles. The Morgan fingerprint density at radius 1 is 1.53 bits per heavy atom. The molecule has 0 bridgehead atoms. The van der Waals surface area contributed by atoms with Gasteiger partial charge in [0.25, 0.3) is 0 Å². The maximum atomic E-state index is 10.3. The van der Waals surface area contributed by atoms with Crippen LogP contribution in [0.15, 0.2) is 24.4 Å². The molecule has 0 unspecified atom stereocenters. The van der Waals surface area contributed by atoms with Gasteiger partial charge in [-0.15, -0.1) is 0 Å². The van der Waals surface area contributed by atoms with E-state index in [0.717, 1.165) is 12.5 Å². The average molecular weight is 235 g/mol. The Bertz CT molecular complexity index is 382. The van der Waals surface area contributed by atoms with Crippen LogP contribution < -0.4 is 4.74 Å². The van der Waals surface area contributed by atoms with E-state index in [1.165, 1.54) is 6.08 Å². The summed E-state index contributed by atoms with van der Waals surface area (Å²) in [7, 11) is 0. The molecule has 1 heterocycles. The number of carbonyl (C=O) groups is 1. The van der Waals surface area contributed by atoms with Crippen molar-refractivity contribution in [3.8, 4) is 5.75 Å². The molecule has 4 nitrogen and oxygen atoms in total. The molecule has 1 aromatic rings. The first-order valence-corrected chi connectivity index (χ1v) is 5.58. The van der Waals surface area contributed by atoms with Gasteiger partial charge in [0.2, 0.25) is 0 Å². The topological polar surface area (TPSA) is 59.4 Å². The molecule has 0 radical (unpaired) electrons. The lowest BCUT2D eigenvalue weighted by Crippen LogP contribution is -2.01. The van der Waals surface area contributed by atoms with Crippen molar-refractivity contribution >= 4 is 12.0 Å². The van der Waals surface area contributed by atoms with Gasteiger partial charge in [-0.1, -0.05) is 13.8 Å². The Hall–Kier alpha value is -1.84. The molecule has 0 saturated carbocycles. The minimum Gasteiger partial charge on any atom is -0.492 e. The highest BCUT2D eigenvalue weighted by atomic mass is 16.5. The first-order chi connectivity index (χ1) is 8.08. The van der Waals surface area contributed by atoms with Crippen LogP contribution in [0.5, 0.6) is 5.75 Å². The first kappa shape index (κ1) is 13.2. The van der Waals surface area contributed by atoms with Crippen LogP contribution >= 0.6 is 0 Å². The summed E-state index contributed by atoms with van der Waals surface area (Å²) in [4.78, 5) is 14.4. The molecule has 0 aliphatic rings. The Morgan fingerprint density at radius 2 is 2.29 bits per heavy atom. The number of ether oxygens (including phenoxy) is 1. The average Bonchev–Trinajstić information content (AvgIpc) is 2.27. The van der Waals surface area contributed by atoms with Gasteiger partial charge in [-0.2, -0.15) is 0 Å². The van der Waals surface area contributed by atoms with E-state index in [1.807, 2.05) is 0 Å². The van der Waals surface area contributed by atoms with E-state index in [2.05, 4.69) is 18.8 Å². The van der Waals surface area contributed by atoms with Crippen molar-refractivity contribution in [2.24, 2.45) is 5.92 Å². The monoisotopic (exact) mass is 235 g/mol. The Morgan fingerprint density at radius 3 is 2.82 bits per heavy atom. The third-order valence-electron chi connectivity index (χ3n) is 2.12. The van der Waals surface area contributed by atoms with Gasteiger partial charge in [0, 0.05) is 6.08 Å². The van der Waals surface area contributed by atoms with Crippen LogP contribution in [0.4, 0.5) is 0 Å². The maximum absolute atomic E-state index is 10.3. The number of carboxylic acids is 1. The van der Waals surface area contributed by atoms with Crippen LogP contribution in [0.1, 0.15) is 26.0 Å². The third kappa shape index (κ3) is 5.70. The minimum atomic E-state index is -0.982. The molecule has 17 heavy (non-hydrogen) atoms. The predicted octanol–water partition coefficient (Wildman–Crippen LogP) is 2.60. The van der Waals surface area contributed by atoms with Crippen LogP contribution in [-0.4, -0.2) is 22.7 Å². The largest absolute Gasteiger partial charge is 0.492 e. The molecule has 0 aliphatic carbocycles. The molecule has 0 aromatic carbocycles. The van der Waals surface area contributed by atoms with E-state index >= 15 is 0 Å². The zero-order chi connectivity index (χ0) is 12.7. The van der Waals surface area contributed by atoms with Gasteiger partial charge in [0.1, 0.15) is 5.75 Å². The zero-order valence-corrected chi connectivity index (χ0v) is 10.1. The molecule has 0 atom stereocenters. The van der Waals surface area contributed by atoms with Crippen LogP contribution in [0.25, 0.3) is 6.08 Å². The fraction of sp³-hybridized carbons (Fsp3) is 0.385. The number of hydrogen-bond acceptors (Lipinski definition) is 3. The van der Waals surface area contributed by atoms with E-state index in [4.69, 9.17) is 9.84 Å². The SMILES string of the molecule is CC(C)CCOc1ccc(C=CC(=O)O)nc1. The quantitative estimate of drug-likeness (QED) is 0.770. The second kappa shape index (κ2) is 6.68. The molecule has 0 aliphatic heterocycles. The van der Waals surface area contributed by atoms with Crippen molar-refractivity contribution in [2.45, 2.75) is 20.3 Å². The van der Waals surface area contributed by atoms with Gasteiger partial charge in [0.15, 0.2) is 0 Å². The summed E-state index contributed by atoms with van der Waals surface area (Å²) >= 11 is 0. The summed E-state index contributed by atoms with van der Waals surface area (Å²) in [5.41, 5.74) is 0.601. The molecule has 0 spiro atoms. The van der Waals surface area contributed by atoms with E-state index < -0.39 is 5.97 Å². The predicted molar refractivity (Wildman–Crippen MR) is 65.9 cm³/mol. The third-order valence-corrected chi connectivity index (χ3v) is 2.12. The number of rotatable bonds is 6. The van der Waals surface area contributed by atoms with E-state index in [9.17, 15) is 4.79 Å².